The highest BCUT2D eigenvalue weighted by Gasteiger charge is 2.49. The zero-order chi connectivity index (χ0) is 22.4. The summed E-state index contributed by atoms with van der Waals surface area (Å²) in [6, 6.07) is -0.768. The second-order valence-corrected chi connectivity index (χ2v) is 9.69. The largest absolute Gasteiger partial charge is 0.350 e. The number of nitrogens with two attached hydrogens (primary N) is 1. The van der Waals surface area contributed by atoms with E-state index in [1.54, 1.807) is 5.01 Å². The van der Waals surface area contributed by atoms with E-state index in [-0.39, 0.29) is 37.5 Å². The van der Waals surface area contributed by atoms with Crippen LogP contribution in [0.1, 0.15) is 19.3 Å². The maximum atomic E-state index is 15.2. The number of carbonyl (C=O) groups excluding carboxylic acids is 2. The number of fused-ring (bicyclic) bond motifs is 2. The van der Waals surface area contributed by atoms with E-state index in [9.17, 15) is 14.0 Å². The molecule has 180 valence electrons. The second kappa shape index (κ2) is 9.07. The Kier molecular flexibility index (Phi) is 6.34. The van der Waals surface area contributed by atoms with Crippen molar-refractivity contribution in [3.05, 3.63) is 0 Å². The summed E-state index contributed by atoms with van der Waals surface area (Å²) in [7, 11) is 0. The van der Waals surface area contributed by atoms with Crippen LogP contribution in [-0.2, 0) is 9.59 Å². The van der Waals surface area contributed by atoms with Crippen LogP contribution in [0, 0.1) is 5.92 Å². The van der Waals surface area contributed by atoms with Crippen LogP contribution in [0.15, 0.2) is 0 Å². The first-order valence-electron chi connectivity index (χ1n) is 11.8. The van der Waals surface area contributed by atoms with Crippen LogP contribution in [0.5, 0.6) is 0 Å². The average Bonchev–Trinajstić information content (AvgIpc) is 3.08. The lowest BCUT2D eigenvalue weighted by atomic mass is 9.92. The molecule has 5 saturated heterocycles. The van der Waals surface area contributed by atoms with Gasteiger partial charge in [0, 0.05) is 58.3 Å². The van der Waals surface area contributed by atoms with Crippen LogP contribution in [0.4, 0.5) is 8.78 Å². The Morgan fingerprint density at radius 3 is 2.84 bits per heavy atom. The third kappa shape index (κ3) is 4.12. The number of rotatable bonds is 3. The van der Waals surface area contributed by atoms with E-state index in [2.05, 4.69) is 26.3 Å². The molecule has 32 heavy (non-hydrogen) atoms. The van der Waals surface area contributed by atoms with Crippen molar-refractivity contribution in [2.24, 2.45) is 11.7 Å². The van der Waals surface area contributed by atoms with Crippen LogP contribution >= 0.6 is 0 Å². The summed E-state index contributed by atoms with van der Waals surface area (Å²) >= 11 is 0. The number of piperidine rings is 2. The predicted octanol–water partition coefficient (Wildman–Crippen LogP) is -2.53. The smallest absolute Gasteiger partial charge is 0.229 e. The van der Waals surface area contributed by atoms with Crippen molar-refractivity contribution in [3.8, 4) is 0 Å². The standard InChI is InChI=1S/C20H34F2N8O2/c21-11-6-25-19-16(18(23)27-30(19)9-11)20(32)26-14-8-24-7-13(22)17(14)28-4-5-29-12(10-28)2-1-3-15(29)31/h11-14,16-19,24-25,27H,1-10,23H2,(H,26,32)/t11?,12-,13?,14?,16?,17?,18?,19?/m0/s1. The molecule has 0 aromatic heterocycles. The Labute approximate surface area is 186 Å². The van der Waals surface area contributed by atoms with Gasteiger partial charge in [0.15, 0.2) is 0 Å². The van der Waals surface area contributed by atoms with Crippen molar-refractivity contribution < 1.29 is 18.4 Å². The molecule has 5 aliphatic rings. The van der Waals surface area contributed by atoms with E-state index in [0.717, 1.165) is 12.8 Å². The monoisotopic (exact) mass is 456 g/mol. The van der Waals surface area contributed by atoms with Crippen LogP contribution in [0.2, 0.25) is 0 Å². The minimum absolute atomic E-state index is 0.115. The molecule has 0 saturated carbocycles. The first kappa shape index (κ1) is 22.4. The van der Waals surface area contributed by atoms with E-state index in [1.807, 2.05) is 4.90 Å². The predicted molar refractivity (Wildman–Crippen MR) is 112 cm³/mol. The van der Waals surface area contributed by atoms with Gasteiger partial charge >= 0.3 is 0 Å². The molecule has 7 unspecified atom stereocenters. The van der Waals surface area contributed by atoms with Gasteiger partial charge in [0.05, 0.1) is 30.3 Å². The molecule has 12 heteroatoms. The van der Waals surface area contributed by atoms with Crippen molar-refractivity contribution in [2.45, 2.75) is 62.1 Å². The van der Waals surface area contributed by atoms with E-state index >= 15 is 4.39 Å². The molecule has 0 radical (unpaired) electrons. The Balaban J connectivity index is 1.27. The van der Waals surface area contributed by atoms with Gasteiger partial charge in [-0.3, -0.25) is 19.8 Å². The Hall–Kier alpha value is -1.44. The van der Waals surface area contributed by atoms with Gasteiger partial charge in [-0.15, -0.1) is 0 Å². The summed E-state index contributed by atoms with van der Waals surface area (Å²) in [6.07, 6.45) is -0.807. The highest BCUT2D eigenvalue weighted by Crippen LogP contribution is 2.27. The molecule has 0 aliphatic carbocycles. The topological polar surface area (TPSA) is 118 Å². The molecule has 5 fully saturated rings. The van der Waals surface area contributed by atoms with Gasteiger partial charge in [-0.1, -0.05) is 0 Å². The van der Waals surface area contributed by atoms with Crippen molar-refractivity contribution in [1.82, 2.24) is 36.2 Å². The van der Waals surface area contributed by atoms with Crippen LogP contribution in [-0.4, -0.2) is 115 Å². The minimum Gasteiger partial charge on any atom is -0.350 e. The molecular formula is C20H34F2N8O2. The molecular weight excluding hydrogens is 422 g/mol. The number of alkyl halides is 2. The van der Waals surface area contributed by atoms with Gasteiger partial charge in [-0.25, -0.2) is 19.2 Å². The van der Waals surface area contributed by atoms with Crippen molar-refractivity contribution >= 4 is 11.8 Å². The third-order valence-corrected chi connectivity index (χ3v) is 7.62. The Morgan fingerprint density at radius 2 is 2.00 bits per heavy atom. The van der Waals surface area contributed by atoms with Gasteiger partial charge < -0.3 is 21.3 Å². The fraction of sp³-hybridized carbons (Fsp3) is 0.900. The lowest BCUT2D eigenvalue weighted by molar-refractivity contribution is -0.141. The number of halogens is 2. The number of amides is 2. The molecule has 0 spiro atoms. The summed E-state index contributed by atoms with van der Waals surface area (Å²) in [5.74, 6) is -0.689. The number of nitrogens with one attached hydrogen (secondary N) is 4. The highest BCUT2D eigenvalue weighted by molar-refractivity contribution is 5.81. The molecule has 0 aromatic rings. The maximum Gasteiger partial charge on any atom is 0.229 e. The number of hydrazine groups is 1. The summed E-state index contributed by atoms with van der Waals surface area (Å²) in [5, 5.41) is 10.8. The van der Waals surface area contributed by atoms with E-state index < -0.39 is 42.7 Å². The van der Waals surface area contributed by atoms with Crippen LogP contribution < -0.4 is 27.1 Å². The zero-order valence-corrected chi connectivity index (χ0v) is 18.2. The molecule has 5 rings (SSSR count). The molecule has 5 heterocycles. The second-order valence-electron chi connectivity index (χ2n) is 9.69. The molecule has 0 aromatic carbocycles. The number of hydrogen-bond acceptors (Lipinski definition) is 8. The first-order valence-corrected chi connectivity index (χ1v) is 11.8. The van der Waals surface area contributed by atoms with Gasteiger partial charge in [0.1, 0.15) is 12.3 Å². The molecule has 2 amide bonds. The fourth-order valence-electron chi connectivity index (χ4n) is 6.11. The van der Waals surface area contributed by atoms with Gasteiger partial charge in [0.2, 0.25) is 11.8 Å². The summed E-state index contributed by atoms with van der Waals surface area (Å²) in [4.78, 5) is 29.5. The zero-order valence-electron chi connectivity index (χ0n) is 18.2. The maximum absolute atomic E-state index is 15.2. The number of piperazine rings is 1. The van der Waals surface area contributed by atoms with Crippen molar-refractivity contribution in [1.29, 1.82) is 0 Å². The normalized spacial score (nSPS) is 43.6. The van der Waals surface area contributed by atoms with Crippen molar-refractivity contribution in [3.63, 3.8) is 0 Å². The first-order chi connectivity index (χ1) is 15.4. The average molecular weight is 457 g/mol. The number of hydrogen-bond donors (Lipinski definition) is 5. The quantitative estimate of drug-likeness (QED) is 0.316. The highest BCUT2D eigenvalue weighted by atomic mass is 19.1. The summed E-state index contributed by atoms with van der Waals surface area (Å²) in [6.45, 7) is 2.86. The Bertz CT molecular complexity index is 732. The minimum atomic E-state index is -1.13. The lowest BCUT2D eigenvalue weighted by Gasteiger charge is -2.50. The molecule has 10 nitrogen and oxygen atoms in total. The van der Waals surface area contributed by atoms with Gasteiger partial charge in [-0.05, 0) is 12.8 Å². The Morgan fingerprint density at radius 1 is 1.16 bits per heavy atom. The lowest BCUT2D eigenvalue weighted by Crippen LogP contribution is -2.70. The molecule has 0 bridgehead atoms. The third-order valence-electron chi connectivity index (χ3n) is 7.62. The number of carbonyl (C=O) groups is 2. The molecule has 5 aliphatic heterocycles. The van der Waals surface area contributed by atoms with E-state index in [0.29, 0.717) is 32.6 Å². The van der Waals surface area contributed by atoms with Crippen LogP contribution in [0.25, 0.3) is 0 Å². The van der Waals surface area contributed by atoms with Crippen molar-refractivity contribution in [2.75, 3.05) is 45.8 Å². The van der Waals surface area contributed by atoms with Gasteiger partial charge in [-0.2, -0.15) is 0 Å². The summed E-state index contributed by atoms with van der Waals surface area (Å²) < 4.78 is 28.9. The molecule has 8 atom stereocenters. The van der Waals surface area contributed by atoms with Gasteiger partial charge in [0.25, 0.3) is 0 Å². The van der Waals surface area contributed by atoms with Crippen LogP contribution in [0.3, 0.4) is 0 Å². The molecule has 6 N–H and O–H groups in total. The fourth-order valence-corrected chi connectivity index (χ4v) is 6.11. The van der Waals surface area contributed by atoms with E-state index in [1.165, 1.54) is 0 Å². The number of nitrogens with zero attached hydrogens (tertiary/aromatic N) is 3. The summed E-state index contributed by atoms with van der Waals surface area (Å²) in [5.41, 5.74) is 9.15. The SMILES string of the molecule is NC1NN2CC(F)CNC2C1C(=O)NC1CNCC(F)C1N1CCN2C(=O)CCC[C@H]2C1. The van der Waals surface area contributed by atoms with E-state index in [4.69, 9.17) is 5.73 Å².